The maximum atomic E-state index is 12.4. The fourth-order valence-corrected chi connectivity index (χ4v) is 2.43. The summed E-state index contributed by atoms with van der Waals surface area (Å²) in [5, 5.41) is 0.523. The Labute approximate surface area is 133 Å². The number of amides is 1. The number of nitrogens with zero attached hydrogens (tertiary/aromatic N) is 1. The Morgan fingerprint density at radius 2 is 1.76 bits per heavy atom. The summed E-state index contributed by atoms with van der Waals surface area (Å²) in [6.07, 6.45) is 0.133. The number of rotatable bonds is 6. The molecule has 0 aliphatic carbocycles. The number of halogens is 2. The summed E-state index contributed by atoms with van der Waals surface area (Å²) in [5.74, 6) is -0.299. The Morgan fingerprint density at radius 1 is 1.19 bits per heavy atom. The lowest BCUT2D eigenvalue weighted by Gasteiger charge is -2.21. The second kappa shape index (κ2) is 8.10. The van der Waals surface area contributed by atoms with Crippen molar-refractivity contribution in [1.29, 1.82) is 0 Å². The Kier molecular flexibility index (Phi) is 6.78. The minimum absolute atomic E-state index is 0.133. The number of hydrogen-bond acceptors (Lipinski definition) is 4. The van der Waals surface area contributed by atoms with Crippen molar-refractivity contribution in [3.05, 3.63) is 27.7 Å². The highest BCUT2D eigenvalue weighted by Gasteiger charge is 2.19. The van der Waals surface area contributed by atoms with Crippen molar-refractivity contribution in [2.45, 2.75) is 13.3 Å². The van der Waals surface area contributed by atoms with Crippen LogP contribution in [0.1, 0.15) is 23.7 Å². The van der Waals surface area contributed by atoms with Crippen LogP contribution in [-0.4, -0.2) is 44.1 Å². The number of methoxy groups -OCH3 is 2. The van der Waals surface area contributed by atoms with Crippen LogP contribution in [0.25, 0.3) is 0 Å². The monoisotopic (exact) mass is 333 g/mol. The van der Waals surface area contributed by atoms with Crippen LogP contribution in [0.3, 0.4) is 0 Å². The molecule has 0 aliphatic heterocycles. The summed E-state index contributed by atoms with van der Waals surface area (Å²) in [4.78, 5) is 25.1. The third-order valence-corrected chi connectivity index (χ3v) is 3.49. The van der Waals surface area contributed by atoms with Crippen LogP contribution in [0.5, 0.6) is 5.75 Å². The summed E-state index contributed by atoms with van der Waals surface area (Å²) in [6.45, 7) is 2.54. The average molecular weight is 334 g/mol. The van der Waals surface area contributed by atoms with Gasteiger partial charge in [0, 0.05) is 18.7 Å². The zero-order chi connectivity index (χ0) is 16.0. The third-order valence-electron chi connectivity index (χ3n) is 2.93. The van der Waals surface area contributed by atoms with Gasteiger partial charge in [-0.15, -0.1) is 0 Å². The molecule has 0 bridgehead atoms. The number of benzene rings is 1. The first-order valence-corrected chi connectivity index (χ1v) is 7.09. The van der Waals surface area contributed by atoms with E-state index in [4.69, 9.17) is 27.9 Å². The van der Waals surface area contributed by atoms with Crippen molar-refractivity contribution in [3.8, 4) is 5.75 Å². The van der Waals surface area contributed by atoms with Gasteiger partial charge in [0.25, 0.3) is 5.91 Å². The number of carbonyl (C=O) groups excluding carboxylic acids is 2. The molecule has 0 aliphatic rings. The van der Waals surface area contributed by atoms with Gasteiger partial charge < -0.3 is 14.4 Å². The van der Waals surface area contributed by atoms with E-state index < -0.39 is 0 Å². The van der Waals surface area contributed by atoms with Gasteiger partial charge in [0.2, 0.25) is 0 Å². The predicted octanol–water partition coefficient (Wildman–Crippen LogP) is 3.03. The van der Waals surface area contributed by atoms with Gasteiger partial charge in [-0.1, -0.05) is 23.2 Å². The topological polar surface area (TPSA) is 55.8 Å². The molecule has 1 aromatic rings. The lowest BCUT2D eigenvalue weighted by molar-refractivity contribution is -0.140. The molecule has 0 saturated carbocycles. The largest absolute Gasteiger partial charge is 0.494 e. The highest BCUT2D eigenvalue weighted by Crippen LogP contribution is 2.34. The van der Waals surface area contributed by atoms with Gasteiger partial charge >= 0.3 is 5.97 Å². The van der Waals surface area contributed by atoms with E-state index in [1.54, 1.807) is 0 Å². The van der Waals surface area contributed by atoms with E-state index in [2.05, 4.69) is 4.74 Å². The minimum atomic E-state index is -0.368. The average Bonchev–Trinajstić information content (AvgIpc) is 2.46. The molecule has 0 fully saturated rings. The highest BCUT2D eigenvalue weighted by atomic mass is 35.5. The molecule has 21 heavy (non-hydrogen) atoms. The molecular formula is C14H17Cl2NO4. The van der Waals surface area contributed by atoms with Gasteiger partial charge in [0.15, 0.2) is 5.75 Å². The fourth-order valence-electron chi connectivity index (χ4n) is 1.79. The van der Waals surface area contributed by atoms with E-state index in [9.17, 15) is 9.59 Å². The number of hydrogen-bond donors (Lipinski definition) is 0. The van der Waals surface area contributed by atoms with Gasteiger partial charge in [-0.05, 0) is 19.1 Å². The Morgan fingerprint density at radius 3 is 2.19 bits per heavy atom. The molecule has 0 unspecified atom stereocenters. The number of carbonyl (C=O) groups is 2. The fraction of sp³-hybridized carbons (Fsp3) is 0.429. The van der Waals surface area contributed by atoms with E-state index in [0.29, 0.717) is 17.9 Å². The van der Waals surface area contributed by atoms with E-state index in [1.807, 2.05) is 6.92 Å². The first-order chi connectivity index (χ1) is 9.94. The SMILES string of the molecule is CCN(CCC(=O)OC)C(=O)c1cc(Cl)c(OC)c(Cl)c1. The smallest absolute Gasteiger partial charge is 0.307 e. The summed E-state index contributed by atoms with van der Waals surface area (Å²) < 4.78 is 9.60. The Bertz CT molecular complexity index is 511. The molecule has 0 atom stereocenters. The molecule has 5 nitrogen and oxygen atoms in total. The van der Waals surface area contributed by atoms with E-state index in [-0.39, 0.29) is 34.9 Å². The molecule has 7 heteroatoms. The van der Waals surface area contributed by atoms with Crippen LogP contribution in [0, 0.1) is 0 Å². The van der Waals surface area contributed by atoms with Crippen LogP contribution in [0.15, 0.2) is 12.1 Å². The highest BCUT2D eigenvalue weighted by molar-refractivity contribution is 6.37. The van der Waals surface area contributed by atoms with Gasteiger partial charge in [0.1, 0.15) is 0 Å². The van der Waals surface area contributed by atoms with Crippen LogP contribution in [-0.2, 0) is 9.53 Å². The third kappa shape index (κ3) is 4.51. The molecule has 1 amide bonds. The van der Waals surface area contributed by atoms with Gasteiger partial charge in [-0.2, -0.15) is 0 Å². The second-order valence-corrected chi connectivity index (χ2v) is 5.00. The molecule has 1 aromatic carbocycles. The van der Waals surface area contributed by atoms with Gasteiger partial charge in [-0.3, -0.25) is 9.59 Å². The molecule has 0 saturated heterocycles. The molecule has 116 valence electrons. The molecule has 0 N–H and O–H groups in total. The van der Waals surface area contributed by atoms with Crippen molar-refractivity contribution >= 4 is 35.1 Å². The summed E-state index contributed by atoms with van der Waals surface area (Å²) in [6, 6.07) is 2.99. The number of esters is 1. The second-order valence-electron chi connectivity index (χ2n) is 4.18. The molecular weight excluding hydrogens is 317 g/mol. The van der Waals surface area contributed by atoms with Gasteiger partial charge in [-0.25, -0.2) is 0 Å². The van der Waals surface area contributed by atoms with Crippen LogP contribution in [0.4, 0.5) is 0 Å². The number of ether oxygens (including phenoxy) is 2. The Hall–Kier alpha value is -1.46. The van der Waals surface area contributed by atoms with Crippen molar-refractivity contribution < 1.29 is 19.1 Å². The minimum Gasteiger partial charge on any atom is -0.494 e. The van der Waals surface area contributed by atoms with E-state index >= 15 is 0 Å². The maximum absolute atomic E-state index is 12.4. The zero-order valence-corrected chi connectivity index (χ0v) is 13.6. The van der Waals surface area contributed by atoms with Crippen LogP contribution >= 0.6 is 23.2 Å². The van der Waals surface area contributed by atoms with E-state index in [1.165, 1.54) is 31.3 Å². The lowest BCUT2D eigenvalue weighted by atomic mass is 10.2. The maximum Gasteiger partial charge on any atom is 0.307 e. The standard InChI is InChI=1S/C14H17Cl2NO4/c1-4-17(6-5-12(18)20-2)14(19)9-7-10(15)13(21-3)11(16)8-9/h7-8H,4-6H2,1-3H3. The molecule has 0 aromatic heterocycles. The normalized spacial score (nSPS) is 10.1. The molecule has 1 rings (SSSR count). The molecule has 0 spiro atoms. The van der Waals surface area contributed by atoms with Crippen molar-refractivity contribution in [2.24, 2.45) is 0 Å². The zero-order valence-electron chi connectivity index (χ0n) is 12.1. The van der Waals surface area contributed by atoms with Crippen molar-refractivity contribution in [3.63, 3.8) is 0 Å². The van der Waals surface area contributed by atoms with Crippen molar-refractivity contribution in [2.75, 3.05) is 27.3 Å². The quantitative estimate of drug-likeness (QED) is 0.751. The molecule has 0 heterocycles. The van der Waals surface area contributed by atoms with Crippen molar-refractivity contribution in [1.82, 2.24) is 4.90 Å². The van der Waals surface area contributed by atoms with Crippen LogP contribution < -0.4 is 4.74 Å². The lowest BCUT2D eigenvalue weighted by Crippen LogP contribution is -2.33. The van der Waals surface area contributed by atoms with Crippen LogP contribution in [0.2, 0.25) is 10.0 Å². The Balaban J connectivity index is 2.92. The summed E-state index contributed by atoms with van der Waals surface area (Å²) in [7, 11) is 2.76. The van der Waals surface area contributed by atoms with E-state index in [0.717, 1.165) is 0 Å². The first kappa shape index (κ1) is 17.6. The molecule has 0 radical (unpaired) electrons. The predicted molar refractivity (Wildman–Crippen MR) is 81.2 cm³/mol. The van der Waals surface area contributed by atoms with Gasteiger partial charge in [0.05, 0.1) is 30.7 Å². The summed E-state index contributed by atoms with van der Waals surface area (Å²) in [5.41, 5.74) is 0.345. The first-order valence-electron chi connectivity index (χ1n) is 6.33. The summed E-state index contributed by atoms with van der Waals surface area (Å²) >= 11 is 12.0.